The van der Waals surface area contributed by atoms with Crippen molar-refractivity contribution in [2.24, 2.45) is 5.92 Å². The molecular weight excluding hydrogens is 150 g/mol. The fourth-order valence-corrected chi connectivity index (χ4v) is 1.06. The molecule has 0 heterocycles. The molecular formula is C10H23NO. The summed E-state index contributed by atoms with van der Waals surface area (Å²) in [6, 6.07) is 0.476. The van der Waals surface area contributed by atoms with Gasteiger partial charge in [0, 0.05) is 11.6 Å². The maximum absolute atomic E-state index is 9.24. The summed E-state index contributed by atoms with van der Waals surface area (Å²) in [6.07, 6.45) is 1.10. The number of hydrogen-bond acceptors (Lipinski definition) is 2. The van der Waals surface area contributed by atoms with Gasteiger partial charge in [-0.15, -0.1) is 0 Å². The average molecular weight is 173 g/mol. The Morgan fingerprint density at radius 1 is 1.33 bits per heavy atom. The Morgan fingerprint density at radius 3 is 2.08 bits per heavy atom. The molecule has 12 heavy (non-hydrogen) atoms. The number of aliphatic hydroxyl groups is 1. The standard InChI is InChI=1S/C10H23NO/c1-6-9(4)11-10(5,7-12)8(2)3/h8-9,11-12H,6-7H2,1-5H3. The molecule has 2 heteroatoms. The summed E-state index contributed by atoms with van der Waals surface area (Å²) in [5.74, 6) is 0.455. The van der Waals surface area contributed by atoms with Gasteiger partial charge in [-0.1, -0.05) is 20.8 Å². The SMILES string of the molecule is CCC(C)NC(C)(CO)C(C)C. The summed E-state index contributed by atoms with van der Waals surface area (Å²) in [6.45, 7) is 10.8. The topological polar surface area (TPSA) is 32.3 Å². The first-order valence-corrected chi connectivity index (χ1v) is 4.84. The summed E-state index contributed by atoms with van der Waals surface area (Å²) in [5, 5.41) is 12.7. The van der Waals surface area contributed by atoms with Gasteiger partial charge in [-0.2, -0.15) is 0 Å². The largest absolute Gasteiger partial charge is 0.394 e. The third-order valence-corrected chi connectivity index (χ3v) is 2.79. The van der Waals surface area contributed by atoms with Crippen molar-refractivity contribution < 1.29 is 5.11 Å². The number of aliphatic hydroxyl groups excluding tert-OH is 1. The van der Waals surface area contributed by atoms with Crippen LogP contribution in [0.3, 0.4) is 0 Å². The Labute approximate surface area is 76.4 Å². The van der Waals surface area contributed by atoms with Gasteiger partial charge in [0.05, 0.1) is 6.61 Å². The fourth-order valence-electron chi connectivity index (χ4n) is 1.06. The lowest BCUT2D eigenvalue weighted by atomic mass is 9.88. The molecule has 0 bridgehead atoms. The third-order valence-electron chi connectivity index (χ3n) is 2.79. The molecule has 2 nitrogen and oxygen atoms in total. The van der Waals surface area contributed by atoms with Crippen LogP contribution in [0, 0.1) is 5.92 Å². The molecule has 0 spiro atoms. The van der Waals surface area contributed by atoms with Crippen molar-refractivity contribution in [3.8, 4) is 0 Å². The summed E-state index contributed by atoms with van der Waals surface area (Å²) >= 11 is 0. The summed E-state index contributed by atoms with van der Waals surface area (Å²) in [4.78, 5) is 0. The molecule has 0 aromatic heterocycles. The van der Waals surface area contributed by atoms with Gasteiger partial charge in [-0.05, 0) is 26.2 Å². The number of nitrogens with one attached hydrogen (secondary N) is 1. The van der Waals surface area contributed by atoms with Gasteiger partial charge >= 0.3 is 0 Å². The maximum Gasteiger partial charge on any atom is 0.0613 e. The lowest BCUT2D eigenvalue weighted by Crippen LogP contribution is -2.53. The zero-order valence-corrected chi connectivity index (χ0v) is 9.02. The first kappa shape index (κ1) is 11.9. The summed E-state index contributed by atoms with van der Waals surface area (Å²) < 4.78 is 0. The van der Waals surface area contributed by atoms with E-state index < -0.39 is 0 Å². The average Bonchev–Trinajstić information content (AvgIpc) is 2.03. The van der Waals surface area contributed by atoms with Crippen LogP contribution in [0.15, 0.2) is 0 Å². The van der Waals surface area contributed by atoms with Crippen LogP contribution in [-0.4, -0.2) is 23.3 Å². The van der Waals surface area contributed by atoms with Gasteiger partial charge < -0.3 is 10.4 Å². The second kappa shape index (κ2) is 4.83. The van der Waals surface area contributed by atoms with E-state index in [0.29, 0.717) is 12.0 Å². The molecule has 0 fully saturated rings. The van der Waals surface area contributed by atoms with Crippen molar-refractivity contribution in [2.45, 2.75) is 52.6 Å². The minimum atomic E-state index is -0.130. The van der Waals surface area contributed by atoms with Crippen LogP contribution < -0.4 is 5.32 Å². The van der Waals surface area contributed by atoms with Gasteiger partial charge in [0.25, 0.3) is 0 Å². The predicted molar refractivity (Wildman–Crippen MR) is 53.2 cm³/mol. The Hall–Kier alpha value is -0.0800. The van der Waals surface area contributed by atoms with E-state index in [2.05, 4.69) is 39.9 Å². The van der Waals surface area contributed by atoms with Crippen molar-refractivity contribution in [3.05, 3.63) is 0 Å². The van der Waals surface area contributed by atoms with Crippen LogP contribution in [0.25, 0.3) is 0 Å². The van der Waals surface area contributed by atoms with E-state index in [1.807, 2.05) is 0 Å². The molecule has 0 saturated heterocycles. The molecule has 0 rings (SSSR count). The maximum atomic E-state index is 9.24. The molecule has 0 aliphatic carbocycles. The summed E-state index contributed by atoms with van der Waals surface area (Å²) in [7, 11) is 0. The van der Waals surface area contributed by atoms with Gasteiger partial charge in [0.2, 0.25) is 0 Å². The Balaban J connectivity index is 4.14. The molecule has 0 aromatic carbocycles. The van der Waals surface area contributed by atoms with E-state index in [0.717, 1.165) is 6.42 Å². The number of hydrogen-bond donors (Lipinski definition) is 2. The van der Waals surface area contributed by atoms with E-state index in [-0.39, 0.29) is 12.1 Å². The second-order valence-electron chi connectivity index (χ2n) is 4.18. The van der Waals surface area contributed by atoms with Gasteiger partial charge in [-0.3, -0.25) is 0 Å². The molecule has 0 aliphatic rings. The van der Waals surface area contributed by atoms with Crippen LogP contribution >= 0.6 is 0 Å². The van der Waals surface area contributed by atoms with E-state index in [4.69, 9.17) is 0 Å². The Bertz CT molecular complexity index is 125. The monoisotopic (exact) mass is 173 g/mol. The molecule has 2 atom stereocenters. The molecule has 2 unspecified atom stereocenters. The third kappa shape index (κ3) is 3.11. The highest BCUT2D eigenvalue weighted by atomic mass is 16.3. The van der Waals surface area contributed by atoms with E-state index in [1.54, 1.807) is 0 Å². The van der Waals surface area contributed by atoms with Crippen molar-refractivity contribution in [1.82, 2.24) is 5.32 Å². The fraction of sp³-hybridized carbons (Fsp3) is 1.00. The lowest BCUT2D eigenvalue weighted by molar-refractivity contribution is 0.121. The molecule has 0 aliphatic heterocycles. The molecule has 0 radical (unpaired) electrons. The smallest absolute Gasteiger partial charge is 0.0613 e. The van der Waals surface area contributed by atoms with Crippen LogP contribution in [0.5, 0.6) is 0 Å². The molecule has 2 N–H and O–H groups in total. The van der Waals surface area contributed by atoms with Crippen molar-refractivity contribution in [1.29, 1.82) is 0 Å². The van der Waals surface area contributed by atoms with Crippen LogP contribution in [0.4, 0.5) is 0 Å². The predicted octanol–water partition coefficient (Wildman–Crippen LogP) is 1.78. The first-order chi connectivity index (χ1) is 5.46. The van der Waals surface area contributed by atoms with Crippen molar-refractivity contribution in [2.75, 3.05) is 6.61 Å². The van der Waals surface area contributed by atoms with E-state index in [1.165, 1.54) is 0 Å². The Morgan fingerprint density at radius 2 is 1.83 bits per heavy atom. The van der Waals surface area contributed by atoms with Crippen molar-refractivity contribution >= 4 is 0 Å². The van der Waals surface area contributed by atoms with Gasteiger partial charge in [-0.25, -0.2) is 0 Å². The first-order valence-electron chi connectivity index (χ1n) is 4.84. The number of rotatable bonds is 5. The highest BCUT2D eigenvalue weighted by Gasteiger charge is 2.27. The zero-order chi connectivity index (χ0) is 9.78. The normalized spacial score (nSPS) is 19.2. The van der Waals surface area contributed by atoms with Crippen LogP contribution in [0.2, 0.25) is 0 Å². The molecule has 0 saturated carbocycles. The van der Waals surface area contributed by atoms with Gasteiger partial charge in [0.15, 0.2) is 0 Å². The second-order valence-corrected chi connectivity index (χ2v) is 4.18. The minimum absolute atomic E-state index is 0.130. The molecule has 0 amide bonds. The molecule has 0 aromatic rings. The van der Waals surface area contributed by atoms with E-state index >= 15 is 0 Å². The highest BCUT2D eigenvalue weighted by molar-refractivity contribution is 4.87. The summed E-state index contributed by atoms with van der Waals surface area (Å²) in [5.41, 5.74) is -0.130. The highest BCUT2D eigenvalue weighted by Crippen LogP contribution is 2.16. The quantitative estimate of drug-likeness (QED) is 0.664. The van der Waals surface area contributed by atoms with Gasteiger partial charge in [0.1, 0.15) is 0 Å². The van der Waals surface area contributed by atoms with Crippen LogP contribution in [0.1, 0.15) is 41.0 Å². The minimum Gasteiger partial charge on any atom is -0.394 e. The lowest BCUT2D eigenvalue weighted by Gasteiger charge is -2.35. The van der Waals surface area contributed by atoms with Crippen LogP contribution in [-0.2, 0) is 0 Å². The Kier molecular flexibility index (Phi) is 4.80. The van der Waals surface area contributed by atoms with E-state index in [9.17, 15) is 5.11 Å². The zero-order valence-electron chi connectivity index (χ0n) is 9.02. The molecule has 74 valence electrons. The van der Waals surface area contributed by atoms with Crippen molar-refractivity contribution in [3.63, 3.8) is 0 Å².